The van der Waals surface area contributed by atoms with Crippen LogP contribution in [0, 0.1) is 21.8 Å². The molecular weight excluding hydrogens is 355 g/mol. The molecule has 2 rings (SSSR count). The average molecular weight is 375 g/mol. The van der Waals surface area contributed by atoms with E-state index in [9.17, 15) is 24.1 Å². The minimum atomic E-state index is -0.786. The molecule has 1 unspecified atom stereocenters. The Hall–Kier alpha value is -2.26. The van der Waals surface area contributed by atoms with Crippen LogP contribution in [0.3, 0.4) is 0 Å². The molecule has 1 aromatic rings. The Morgan fingerprint density at radius 2 is 2.16 bits per heavy atom. The molecule has 1 fully saturated rings. The number of nitro benzene ring substituents is 1. The number of nitrogens with one attached hydrogen (secondary N) is 1. The van der Waals surface area contributed by atoms with Gasteiger partial charge < -0.3 is 16.0 Å². The highest BCUT2D eigenvalue weighted by molar-refractivity contribution is 5.98. The van der Waals surface area contributed by atoms with Crippen molar-refractivity contribution in [3.05, 3.63) is 39.7 Å². The molecule has 1 atom stereocenters. The third-order valence-corrected chi connectivity index (χ3v) is 3.91. The molecule has 8 nitrogen and oxygen atoms in total. The van der Waals surface area contributed by atoms with Gasteiger partial charge in [-0.1, -0.05) is 0 Å². The van der Waals surface area contributed by atoms with Crippen molar-refractivity contribution in [3.63, 3.8) is 0 Å². The summed E-state index contributed by atoms with van der Waals surface area (Å²) in [6.45, 7) is 1.24. The van der Waals surface area contributed by atoms with Gasteiger partial charge in [0.1, 0.15) is 11.4 Å². The number of amides is 2. The number of hydrogen-bond donors (Lipinski definition) is 2. The topological polar surface area (TPSA) is 119 Å². The number of halogens is 2. The Balaban J connectivity index is 0.00000312. The number of benzene rings is 1. The van der Waals surface area contributed by atoms with Crippen LogP contribution in [0.1, 0.15) is 23.2 Å². The summed E-state index contributed by atoms with van der Waals surface area (Å²) in [6.07, 6.45) is 1.24. The van der Waals surface area contributed by atoms with Gasteiger partial charge in [-0.3, -0.25) is 19.7 Å². The van der Waals surface area contributed by atoms with Gasteiger partial charge in [0, 0.05) is 26.2 Å². The molecule has 1 aliphatic heterocycles. The monoisotopic (exact) mass is 374 g/mol. The number of nitrogens with two attached hydrogens (primary N) is 1. The molecule has 1 aliphatic rings. The number of carbonyl (C=O) groups is 2. The van der Waals surface area contributed by atoms with Crippen LogP contribution in [0.4, 0.5) is 10.1 Å². The van der Waals surface area contributed by atoms with E-state index in [0.29, 0.717) is 32.5 Å². The standard InChI is InChI=1S/C15H19FN4O4.ClH/c16-11-3-4-12(13(8-11)20(23)24)15(22)19-7-1-2-10(9-19)14(21)18-6-5-17;/h3-4,8,10H,1-2,5-7,9,17H2,(H,18,21);1H. The molecule has 0 aliphatic carbocycles. The van der Waals surface area contributed by atoms with Crippen LogP contribution in [-0.2, 0) is 4.79 Å². The predicted molar refractivity (Wildman–Crippen MR) is 91.0 cm³/mol. The lowest BCUT2D eigenvalue weighted by molar-refractivity contribution is -0.385. The lowest BCUT2D eigenvalue weighted by atomic mass is 9.96. The zero-order valence-corrected chi connectivity index (χ0v) is 14.3. The summed E-state index contributed by atoms with van der Waals surface area (Å²) < 4.78 is 13.2. The smallest absolute Gasteiger partial charge is 0.285 e. The van der Waals surface area contributed by atoms with Gasteiger partial charge in [-0.25, -0.2) is 4.39 Å². The van der Waals surface area contributed by atoms with E-state index in [1.807, 2.05) is 0 Å². The Bertz CT molecular complexity index is 658. The van der Waals surface area contributed by atoms with E-state index in [2.05, 4.69) is 5.32 Å². The first-order valence-electron chi connectivity index (χ1n) is 7.65. The second-order valence-electron chi connectivity index (χ2n) is 5.59. The van der Waals surface area contributed by atoms with Crippen LogP contribution in [0.2, 0.25) is 0 Å². The number of nitrogens with zero attached hydrogens (tertiary/aromatic N) is 2. The molecule has 1 aromatic carbocycles. The largest absolute Gasteiger partial charge is 0.355 e. The number of rotatable bonds is 5. The molecule has 0 radical (unpaired) electrons. The maximum Gasteiger partial charge on any atom is 0.285 e. The Labute approximate surface area is 150 Å². The average Bonchev–Trinajstić information content (AvgIpc) is 2.59. The van der Waals surface area contributed by atoms with Crippen LogP contribution >= 0.6 is 12.4 Å². The van der Waals surface area contributed by atoms with Gasteiger partial charge in [-0.05, 0) is 25.0 Å². The lowest BCUT2D eigenvalue weighted by Gasteiger charge is -2.32. The summed E-state index contributed by atoms with van der Waals surface area (Å²) >= 11 is 0. The minimum absolute atomic E-state index is 0. The summed E-state index contributed by atoms with van der Waals surface area (Å²) in [5.41, 5.74) is 4.59. The van der Waals surface area contributed by atoms with Crippen molar-refractivity contribution in [1.29, 1.82) is 0 Å². The molecule has 2 amide bonds. The van der Waals surface area contributed by atoms with Gasteiger partial charge in [-0.2, -0.15) is 0 Å². The Morgan fingerprint density at radius 3 is 2.80 bits per heavy atom. The van der Waals surface area contributed by atoms with Gasteiger partial charge in [0.25, 0.3) is 11.6 Å². The summed E-state index contributed by atoms with van der Waals surface area (Å²) in [7, 11) is 0. The van der Waals surface area contributed by atoms with Crippen molar-refractivity contribution in [1.82, 2.24) is 10.2 Å². The highest BCUT2D eigenvalue weighted by atomic mass is 35.5. The summed E-state index contributed by atoms with van der Waals surface area (Å²) in [5.74, 6) is -1.92. The van der Waals surface area contributed by atoms with Crippen LogP contribution in [0.25, 0.3) is 0 Å². The van der Waals surface area contributed by atoms with Crippen molar-refractivity contribution in [2.75, 3.05) is 26.2 Å². The molecule has 1 saturated heterocycles. The Kier molecular flexibility index (Phi) is 7.72. The predicted octanol–water partition coefficient (Wildman–Crippen LogP) is 1.08. The maximum absolute atomic E-state index is 13.2. The molecule has 25 heavy (non-hydrogen) atoms. The normalized spacial score (nSPS) is 16.7. The lowest BCUT2D eigenvalue weighted by Crippen LogP contribution is -2.46. The fraction of sp³-hybridized carbons (Fsp3) is 0.467. The number of piperidine rings is 1. The van der Waals surface area contributed by atoms with Gasteiger partial charge in [-0.15, -0.1) is 12.4 Å². The maximum atomic E-state index is 13.2. The van der Waals surface area contributed by atoms with E-state index >= 15 is 0 Å². The first-order valence-corrected chi connectivity index (χ1v) is 7.65. The van der Waals surface area contributed by atoms with Crippen LogP contribution in [0.15, 0.2) is 18.2 Å². The molecule has 10 heteroatoms. The SMILES string of the molecule is Cl.NCCNC(=O)C1CCCN(C(=O)c2ccc(F)cc2[N+](=O)[O-])C1. The van der Waals surface area contributed by atoms with Crippen LogP contribution in [0.5, 0.6) is 0 Å². The molecule has 0 bridgehead atoms. The van der Waals surface area contributed by atoms with E-state index in [4.69, 9.17) is 5.73 Å². The molecule has 0 spiro atoms. The van der Waals surface area contributed by atoms with E-state index in [0.717, 1.165) is 18.2 Å². The van der Waals surface area contributed by atoms with Gasteiger partial charge in [0.15, 0.2) is 0 Å². The molecule has 1 heterocycles. The fourth-order valence-electron chi connectivity index (χ4n) is 2.72. The summed E-state index contributed by atoms with van der Waals surface area (Å²) in [6, 6.07) is 2.84. The first-order chi connectivity index (χ1) is 11.4. The van der Waals surface area contributed by atoms with Crippen LogP contribution < -0.4 is 11.1 Å². The third-order valence-electron chi connectivity index (χ3n) is 3.91. The van der Waals surface area contributed by atoms with Crippen molar-refractivity contribution in [3.8, 4) is 0 Å². The summed E-state index contributed by atoms with van der Waals surface area (Å²) in [4.78, 5) is 36.2. The molecule has 3 N–H and O–H groups in total. The number of nitro groups is 1. The summed E-state index contributed by atoms with van der Waals surface area (Å²) in [5, 5.41) is 13.7. The molecule has 138 valence electrons. The second kappa shape index (κ2) is 9.28. The third kappa shape index (κ3) is 5.10. The van der Waals surface area contributed by atoms with Gasteiger partial charge in [0.05, 0.1) is 16.9 Å². The van der Waals surface area contributed by atoms with Crippen molar-refractivity contribution in [2.24, 2.45) is 11.7 Å². The van der Waals surface area contributed by atoms with Crippen molar-refractivity contribution >= 4 is 29.9 Å². The highest BCUT2D eigenvalue weighted by Crippen LogP contribution is 2.24. The highest BCUT2D eigenvalue weighted by Gasteiger charge is 2.31. The van der Waals surface area contributed by atoms with E-state index in [1.54, 1.807) is 0 Å². The molecule has 0 saturated carbocycles. The Morgan fingerprint density at radius 1 is 1.44 bits per heavy atom. The zero-order valence-electron chi connectivity index (χ0n) is 13.4. The molecular formula is C15H20ClFN4O4. The van der Waals surface area contributed by atoms with Crippen molar-refractivity contribution < 1.29 is 18.9 Å². The van der Waals surface area contributed by atoms with Crippen molar-refractivity contribution in [2.45, 2.75) is 12.8 Å². The second-order valence-corrected chi connectivity index (χ2v) is 5.59. The minimum Gasteiger partial charge on any atom is -0.355 e. The van der Waals surface area contributed by atoms with E-state index in [-0.39, 0.29) is 36.3 Å². The fourth-order valence-corrected chi connectivity index (χ4v) is 2.72. The zero-order chi connectivity index (χ0) is 17.7. The first kappa shape index (κ1) is 20.8. The van der Waals surface area contributed by atoms with E-state index < -0.39 is 22.3 Å². The van der Waals surface area contributed by atoms with Gasteiger partial charge in [0.2, 0.25) is 5.91 Å². The van der Waals surface area contributed by atoms with E-state index in [1.165, 1.54) is 4.90 Å². The molecule has 0 aromatic heterocycles. The van der Waals surface area contributed by atoms with Gasteiger partial charge >= 0.3 is 0 Å². The van der Waals surface area contributed by atoms with Crippen LogP contribution in [-0.4, -0.2) is 47.8 Å². The number of carbonyl (C=O) groups excluding carboxylic acids is 2. The quantitative estimate of drug-likeness (QED) is 0.590. The number of likely N-dealkylation sites (tertiary alicyclic amines) is 1. The number of hydrogen-bond acceptors (Lipinski definition) is 5.